The van der Waals surface area contributed by atoms with Gasteiger partial charge >= 0.3 is 0 Å². The lowest BCUT2D eigenvalue weighted by atomic mass is 10.2. The van der Waals surface area contributed by atoms with E-state index < -0.39 is 0 Å². The van der Waals surface area contributed by atoms with E-state index in [1.165, 1.54) is 12.8 Å². The first-order chi connectivity index (χ1) is 8.66. The number of aromatic nitrogens is 2. The van der Waals surface area contributed by atoms with Crippen LogP contribution in [-0.2, 0) is 0 Å². The van der Waals surface area contributed by atoms with Crippen LogP contribution in [0.3, 0.4) is 0 Å². The maximum absolute atomic E-state index is 6.09. The summed E-state index contributed by atoms with van der Waals surface area (Å²) in [6.07, 6.45) is 6.33. The molecule has 4 heteroatoms. The summed E-state index contributed by atoms with van der Waals surface area (Å²) in [6.45, 7) is 5.67. The van der Waals surface area contributed by atoms with Crippen LogP contribution < -0.4 is 0 Å². The van der Waals surface area contributed by atoms with Crippen LogP contribution in [0.15, 0.2) is 24.5 Å². The summed E-state index contributed by atoms with van der Waals surface area (Å²) < 4.78 is 2.13. The molecule has 1 aliphatic rings. The van der Waals surface area contributed by atoms with Crippen molar-refractivity contribution >= 4 is 17.1 Å². The molecule has 96 valence electrons. The highest BCUT2D eigenvalue weighted by Crippen LogP contribution is 2.33. The second kappa shape index (κ2) is 4.56. The number of hydrogen-bond donors (Lipinski definition) is 0. The second-order valence-corrected chi connectivity index (χ2v) is 5.68. The fraction of sp³-hybridized carbons (Fsp3) is 0.500. The Morgan fingerprint density at radius 3 is 3.00 bits per heavy atom. The fourth-order valence-electron chi connectivity index (χ4n) is 2.92. The molecule has 2 aromatic rings. The number of likely N-dealkylation sites (tertiary alicyclic amines) is 1. The molecule has 0 spiro atoms. The van der Waals surface area contributed by atoms with Gasteiger partial charge in [-0.2, -0.15) is 0 Å². The van der Waals surface area contributed by atoms with Crippen molar-refractivity contribution in [2.45, 2.75) is 38.8 Å². The Bertz CT molecular complexity index is 561. The third-order valence-corrected chi connectivity index (χ3v) is 4.00. The van der Waals surface area contributed by atoms with Gasteiger partial charge in [-0.05, 0) is 45.4 Å². The van der Waals surface area contributed by atoms with Crippen LogP contribution in [-0.4, -0.2) is 26.9 Å². The van der Waals surface area contributed by atoms with Crippen molar-refractivity contribution in [2.75, 3.05) is 6.54 Å². The summed E-state index contributed by atoms with van der Waals surface area (Å²) in [5.74, 6) is 1.12. The SMILES string of the molecule is CC(C)N1CCCC1c1ncc2ccc(Cl)cn12. The van der Waals surface area contributed by atoms with Crippen LogP contribution in [0, 0.1) is 0 Å². The zero-order valence-electron chi connectivity index (χ0n) is 10.8. The molecule has 0 bridgehead atoms. The monoisotopic (exact) mass is 263 g/mol. The number of halogens is 1. The van der Waals surface area contributed by atoms with Gasteiger partial charge in [0.25, 0.3) is 0 Å². The lowest BCUT2D eigenvalue weighted by Gasteiger charge is -2.27. The number of fused-ring (bicyclic) bond motifs is 1. The highest BCUT2D eigenvalue weighted by atomic mass is 35.5. The van der Waals surface area contributed by atoms with Crippen LogP contribution in [0.2, 0.25) is 5.02 Å². The third kappa shape index (κ3) is 1.91. The lowest BCUT2D eigenvalue weighted by Crippen LogP contribution is -2.31. The molecule has 3 heterocycles. The van der Waals surface area contributed by atoms with Gasteiger partial charge in [0, 0.05) is 12.2 Å². The minimum atomic E-state index is 0.422. The molecule has 18 heavy (non-hydrogen) atoms. The first-order valence-corrected chi connectivity index (χ1v) is 6.93. The maximum atomic E-state index is 6.09. The molecule has 0 N–H and O–H groups in total. The molecule has 0 saturated carbocycles. The summed E-state index contributed by atoms with van der Waals surface area (Å²) in [4.78, 5) is 7.14. The topological polar surface area (TPSA) is 20.5 Å². The van der Waals surface area contributed by atoms with E-state index in [2.05, 4.69) is 28.1 Å². The van der Waals surface area contributed by atoms with Gasteiger partial charge in [-0.25, -0.2) is 4.98 Å². The molecule has 1 unspecified atom stereocenters. The van der Waals surface area contributed by atoms with Crippen molar-refractivity contribution in [2.24, 2.45) is 0 Å². The smallest absolute Gasteiger partial charge is 0.130 e. The number of rotatable bonds is 2. The van der Waals surface area contributed by atoms with Gasteiger partial charge in [0.1, 0.15) is 5.82 Å². The molecule has 2 aromatic heterocycles. The zero-order chi connectivity index (χ0) is 12.7. The van der Waals surface area contributed by atoms with Gasteiger partial charge in [-0.1, -0.05) is 11.6 Å². The fourth-order valence-corrected chi connectivity index (χ4v) is 3.08. The van der Waals surface area contributed by atoms with E-state index in [9.17, 15) is 0 Å². The highest BCUT2D eigenvalue weighted by Gasteiger charge is 2.30. The molecule has 0 radical (unpaired) electrons. The average molecular weight is 264 g/mol. The Morgan fingerprint density at radius 2 is 2.22 bits per heavy atom. The predicted molar refractivity (Wildman–Crippen MR) is 74.0 cm³/mol. The quantitative estimate of drug-likeness (QED) is 0.826. The molecule has 1 fully saturated rings. The van der Waals surface area contributed by atoms with Gasteiger partial charge in [0.05, 0.1) is 22.8 Å². The molecule has 0 aromatic carbocycles. The Labute approximate surface area is 112 Å². The van der Waals surface area contributed by atoms with Crippen molar-refractivity contribution < 1.29 is 0 Å². The van der Waals surface area contributed by atoms with Crippen LogP contribution >= 0.6 is 11.6 Å². The molecular weight excluding hydrogens is 246 g/mol. The number of imidazole rings is 1. The van der Waals surface area contributed by atoms with Crippen LogP contribution in [0.25, 0.3) is 5.52 Å². The van der Waals surface area contributed by atoms with E-state index in [1.807, 2.05) is 24.5 Å². The van der Waals surface area contributed by atoms with Crippen LogP contribution in [0.5, 0.6) is 0 Å². The molecule has 1 saturated heterocycles. The number of hydrogen-bond acceptors (Lipinski definition) is 2. The zero-order valence-corrected chi connectivity index (χ0v) is 11.6. The second-order valence-electron chi connectivity index (χ2n) is 5.25. The average Bonchev–Trinajstić information content (AvgIpc) is 2.92. The van der Waals surface area contributed by atoms with Crippen LogP contribution in [0.4, 0.5) is 0 Å². The standard InChI is InChI=1S/C14H18ClN3/c1-10(2)17-7-3-4-13(17)14-16-8-12-6-5-11(15)9-18(12)14/h5-6,8-10,13H,3-4,7H2,1-2H3. The molecule has 3 rings (SSSR count). The lowest BCUT2D eigenvalue weighted by molar-refractivity contribution is 0.198. The molecule has 0 amide bonds. The molecular formula is C14H18ClN3. The van der Waals surface area contributed by atoms with Gasteiger partial charge in [0.2, 0.25) is 0 Å². The van der Waals surface area contributed by atoms with Gasteiger partial charge < -0.3 is 4.40 Å². The number of pyridine rings is 1. The highest BCUT2D eigenvalue weighted by molar-refractivity contribution is 6.30. The maximum Gasteiger partial charge on any atom is 0.130 e. The van der Waals surface area contributed by atoms with E-state index in [0.717, 1.165) is 22.9 Å². The van der Waals surface area contributed by atoms with Gasteiger partial charge in [-0.15, -0.1) is 0 Å². The molecule has 0 aliphatic carbocycles. The Kier molecular flexibility index (Phi) is 3.04. The minimum Gasteiger partial charge on any atom is -0.301 e. The summed E-state index contributed by atoms with van der Waals surface area (Å²) in [5.41, 5.74) is 1.12. The van der Waals surface area contributed by atoms with Crippen molar-refractivity contribution in [1.29, 1.82) is 0 Å². The first-order valence-electron chi connectivity index (χ1n) is 6.55. The van der Waals surface area contributed by atoms with E-state index in [0.29, 0.717) is 12.1 Å². The Hall–Kier alpha value is -1.06. The van der Waals surface area contributed by atoms with Crippen molar-refractivity contribution in [3.8, 4) is 0 Å². The number of nitrogens with zero attached hydrogens (tertiary/aromatic N) is 3. The van der Waals surface area contributed by atoms with Crippen molar-refractivity contribution in [3.05, 3.63) is 35.4 Å². The third-order valence-electron chi connectivity index (χ3n) is 3.78. The first kappa shape index (κ1) is 12.0. The summed E-state index contributed by atoms with van der Waals surface area (Å²) >= 11 is 6.09. The summed E-state index contributed by atoms with van der Waals surface area (Å²) in [7, 11) is 0. The van der Waals surface area contributed by atoms with E-state index in [-0.39, 0.29) is 0 Å². The van der Waals surface area contributed by atoms with E-state index in [1.54, 1.807) is 0 Å². The molecule has 3 nitrogen and oxygen atoms in total. The Morgan fingerprint density at radius 1 is 1.39 bits per heavy atom. The normalized spacial score (nSPS) is 21.2. The van der Waals surface area contributed by atoms with Crippen molar-refractivity contribution in [1.82, 2.24) is 14.3 Å². The molecule has 1 aliphatic heterocycles. The van der Waals surface area contributed by atoms with Crippen molar-refractivity contribution in [3.63, 3.8) is 0 Å². The largest absolute Gasteiger partial charge is 0.301 e. The van der Waals surface area contributed by atoms with E-state index in [4.69, 9.17) is 11.6 Å². The van der Waals surface area contributed by atoms with Gasteiger partial charge in [-0.3, -0.25) is 4.90 Å². The summed E-state index contributed by atoms with van der Waals surface area (Å²) in [6, 6.07) is 4.92. The van der Waals surface area contributed by atoms with E-state index >= 15 is 0 Å². The predicted octanol–water partition coefficient (Wildman–Crippen LogP) is 3.53. The summed E-state index contributed by atoms with van der Waals surface area (Å²) in [5, 5.41) is 0.760. The van der Waals surface area contributed by atoms with Gasteiger partial charge in [0.15, 0.2) is 0 Å². The minimum absolute atomic E-state index is 0.422. The Balaban J connectivity index is 2.06. The van der Waals surface area contributed by atoms with Crippen LogP contribution in [0.1, 0.15) is 38.6 Å². The molecule has 1 atom stereocenters.